The van der Waals surface area contributed by atoms with Crippen LogP contribution < -0.4 is 9.64 Å². The first-order valence-electron chi connectivity index (χ1n) is 11.5. The van der Waals surface area contributed by atoms with E-state index in [1.165, 1.54) is 0 Å². The van der Waals surface area contributed by atoms with Gasteiger partial charge in [-0.15, -0.1) is 0 Å². The first-order chi connectivity index (χ1) is 15.6. The molecule has 1 saturated carbocycles. The zero-order chi connectivity index (χ0) is 22.2. The van der Waals surface area contributed by atoms with Gasteiger partial charge >= 0.3 is 0 Å². The van der Waals surface area contributed by atoms with Gasteiger partial charge in [-0.3, -0.25) is 14.5 Å². The molecule has 5 rings (SSSR count). The number of amides is 1. The van der Waals surface area contributed by atoms with Crippen molar-refractivity contribution < 1.29 is 19.1 Å². The van der Waals surface area contributed by atoms with Gasteiger partial charge in [-0.25, -0.2) is 4.98 Å². The third-order valence-electron chi connectivity index (χ3n) is 6.55. The fourth-order valence-corrected chi connectivity index (χ4v) is 4.99. The molecular weight excluding hydrogens is 404 g/mol. The van der Waals surface area contributed by atoms with Crippen molar-refractivity contribution in [1.82, 2.24) is 4.98 Å². The van der Waals surface area contributed by atoms with Crippen LogP contribution in [0.4, 0.5) is 5.82 Å². The Balaban J connectivity index is 1.62. The van der Waals surface area contributed by atoms with Gasteiger partial charge in [-0.2, -0.15) is 0 Å². The van der Waals surface area contributed by atoms with E-state index in [1.54, 1.807) is 11.1 Å². The van der Waals surface area contributed by atoms with Gasteiger partial charge < -0.3 is 9.47 Å². The molecule has 1 aromatic carbocycles. The van der Waals surface area contributed by atoms with Crippen LogP contribution in [-0.4, -0.2) is 29.4 Å². The van der Waals surface area contributed by atoms with Crippen molar-refractivity contribution in [2.45, 2.75) is 58.1 Å². The Morgan fingerprint density at radius 2 is 2.00 bits per heavy atom. The number of aryl methyl sites for hydroxylation is 1. The lowest BCUT2D eigenvalue weighted by molar-refractivity contribution is -0.131. The van der Waals surface area contributed by atoms with Gasteiger partial charge in [-0.05, 0) is 61.9 Å². The van der Waals surface area contributed by atoms with E-state index in [0.29, 0.717) is 18.0 Å². The maximum Gasteiger partial charge on any atom is 0.295 e. The van der Waals surface area contributed by atoms with Gasteiger partial charge in [-0.1, -0.05) is 31.5 Å². The maximum absolute atomic E-state index is 13.7. The van der Waals surface area contributed by atoms with E-state index in [1.807, 2.05) is 43.3 Å². The molecule has 1 aromatic heterocycles. The molecule has 0 saturated heterocycles. The summed E-state index contributed by atoms with van der Waals surface area (Å²) in [4.78, 5) is 33.4. The minimum atomic E-state index is -0.576. The number of rotatable bonds is 5. The summed E-state index contributed by atoms with van der Waals surface area (Å²) in [5.41, 5.74) is 2.29. The second kappa shape index (κ2) is 8.41. The Labute approximate surface area is 188 Å². The van der Waals surface area contributed by atoms with Crippen molar-refractivity contribution in [2.75, 3.05) is 11.5 Å². The molecule has 3 heterocycles. The number of fused-ring (bicyclic) bond motifs is 1. The molecule has 3 atom stereocenters. The molecule has 2 aliphatic heterocycles. The number of ketones is 1. The highest BCUT2D eigenvalue weighted by Gasteiger charge is 2.52. The number of aromatic nitrogens is 1. The number of carbonyl (C=O) groups is 2. The van der Waals surface area contributed by atoms with Crippen LogP contribution in [0.5, 0.6) is 5.75 Å². The smallest absolute Gasteiger partial charge is 0.295 e. The second-order valence-corrected chi connectivity index (χ2v) is 8.85. The van der Waals surface area contributed by atoms with E-state index in [-0.39, 0.29) is 29.5 Å². The van der Waals surface area contributed by atoms with E-state index < -0.39 is 6.04 Å². The molecule has 6 nitrogen and oxygen atoms in total. The molecule has 166 valence electrons. The Hall–Kier alpha value is -3.15. The number of pyridine rings is 1. The molecule has 32 heavy (non-hydrogen) atoms. The van der Waals surface area contributed by atoms with Crippen molar-refractivity contribution in [3.63, 3.8) is 0 Å². The van der Waals surface area contributed by atoms with Crippen LogP contribution in [-0.2, 0) is 14.3 Å². The zero-order valence-electron chi connectivity index (χ0n) is 18.5. The van der Waals surface area contributed by atoms with Crippen molar-refractivity contribution in [1.29, 1.82) is 0 Å². The standard InChI is InChI=1S/C26H28N2O4/c1-3-13-31-18-8-6-7-17(14-18)23-22-24(29)19-9-4-5-10-20(19)32-25(22)26(30)28(23)21-12-11-16(2)15-27-21/h6-8,11-12,14-15,19-20,23H,3-5,9-10,13H2,1-2H3. The fourth-order valence-electron chi connectivity index (χ4n) is 4.99. The summed E-state index contributed by atoms with van der Waals surface area (Å²) in [5.74, 6) is 1.01. The zero-order valence-corrected chi connectivity index (χ0v) is 18.5. The fraction of sp³-hybridized carbons (Fsp3) is 0.423. The van der Waals surface area contributed by atoms with Gasteiger partial charge in [0, 0.05) is 6.20 Å². The number of hydrogen-bond acceptors (Lipinski definition) is 5. The van der Waals surface area contributed by atoms with E-state index in [9.17, 15) is 9.59 Å². The Morgan fingerprint density at radius 1 is 1.16 bits per heavy atom. The Bertz CT molecular complexity index is 1080. The number of carbonyl (C=O) groups excluding carboxylic acids is 2. The summed E-state index contributed by atoms with van der Waals surface area (Å²) in [6, 6.07) is 10.8. The van der Waals surface area contributed by atoms with Crippen molar-refractivity contribution in [3.8, 4) is 5.75 Å². The van der Waals surface area contributed by atoms with Gasteiger partial charge in [0.05, 0.1) is 24.1 Å². The second-order valence-electron chi connectivity index (χ2n) is 8.85. The normalized spacial score (nSPS) is 24.8. The van der Waals surface area contributed by atoms with E-state index in [4.69, 9.17) is 9.47 Å². The van der Waals surface area contributed by atoms with Crippen LogP contribution in [0.25, 0.3) is 0 Å². The van der Waals surface area contributed by atoms with Gasteiger partial charge in [0.25, 0.3) is 5.91 Å². The molecule has 0 bridgehead atoms. The number of nitrogens with zero attached hydrogens (tertiary/aromatic N) is 2. The lowest BCUT2D eigenvalue weighted by atomic mass is 9.77. The van der Waals surface area contributed by atoms with Crippen LogP contribution in [0.1, 0.15) is 56.2 Å². The summed E-state index contributed by atoms with van der Waals surface area (Å²) in [6.07, 6.45) is 6.09. The largest absolute Gasteiger partial charge is 0.494 e. The minimum Gasteiger partial charge on any atom is -0.494 e. The highest BCUT2D eigenvalue weighted by Crippen LogP contribution is 2.48. The monoisotopic (exact) mass is 432 g/mol. The van der Waals surface area contributed by atoms with Crippen molar-refractivity contribution in [2.24, 2.45) is 5.92 Å². The minimum absolute atomic E-state index is 0.0452. The lowest BCUT2D eigenvalue weighted by Gasteiger charge is -2.35. The summed E-state index contributed by atoms with van der Waals surface area (Å²) in [7, 11) is 0. The summed E-state index contributed by atoms with van der Waals surface area (Å²) >= 11 is 0. The average molecular weight is 433 g/mol. The van der Waals surface area contributed by atoms with Crippen LogP contribution >= 0.6 is 0 Å². The molecular formula is C26H28N2O4. The van der Waals surface area contributed by atoms with Crippen LogP contribution in [0.3, 0.4) is 0 Å². The molecule has 3 unspecified atom stereocenters. The Morgan fingerprint density at radius 3 is 2.78 bits per heavy atom. The maximum atomic E-state index is 13.7. The van der Waals surface area contributed by atoms with Crippen molar-refractivity contribution in [3.05, 3.63) is 65.1 Å². The molecule has 1 fully saturated rings. The summed E-state index contributed by atoms with van der Waals surface area (Å²) in [5, 5.41) is 0. The van der Waals surface area contributed by atoms with E-state index >= 15 is 0 Å². The number of benzene rings is 1. The Kier molecular flexibility index (Phi) is 5.45. The first-order valence-corrected chi connectivity index (χ1v) is 11.5. The van der Waals surface area contributed by atoms with Gasteiger partial charge in [0.1, 0.15) is 17.7 Å². The van der Waals surface area contributed by atoms with E-state index in [0.717, 1.165) is 49.0 Å². The molecule has 1 aliphatic carbocycles. The molecule has 2 aromatic rings. The third-order valence-corrected chi connectivity index (χ3v) is 6.55. The van der Waals surface area contributed by atoms with Crippen molar-refractivity contribution >= 4 is 17.5 Å². The van der Waals surface area contributed by atoms with Gasteiger partial charge in [0.2, 0.25) is 0 Å². The SMILES string of the molecule is CCCOc1cccc(C2C3=C(OC4CCCCC4C3=O)C(=O)N2c2ccc(C)cn2)c1. The molecule has 0 radical (unpaired) electrons. The highest BCUT2D eigenvalue weighted by atomic mass is 16.5. The van der Waals surface area contributed by atoms with Crippen LogP contribution in [0, 0.1) is 12.8 Å². The summed E-state index contributed by atoms with van der Waals surface area (Å²) < 4.78 is 12.1. The third kappa shape index (κ3) is 3.48. The number of ether oxygens (including phenoxy) is 2. The number of hydrogen-bond donors (Lipinski definition) is 0. The molecule has 6 heteroatoms. The van der Waals surface area contributed by atoms with Crippen LogP contribution in [0.2, 0.25) is 0 Å². The molecule has 0 N–H and O–H groups in total. The molecule has 3 aliphatic rings. The van der Waals surface area contributed by atoms with Gasteiger partial charge in [0.15, 0.2) is 11.5 Å². The molecule has 1 amide bonds. The predicted octanol–water partition coefficient (Wildman–Crippen LogP) is 4.68. The highest BCUT2D eigenvalue weighted by molar-refractivity contribution is 6.17. The number of anilines is 1. The quantitative estimate of drug-likeness (QED) is 0.686. The van der Waals surface area contributed by atoms with E-state index in [2.05, 4.69) is 11.9 Å². The predicted molar refractivity (Wildman–Crippen MR) is 120 cm³/mol. The molecule has 0 spiro atoms. The topological polar surface area (TPSA) is 68.7 Å². The first kappa shape index (κ1) is 20.7. The summed E-state index contributed by atoms with van der Waals surface area (Å²) in [6.45, 7) is 4.62. The average Bonchev–Trinajstić information content (AvgIpc) is 3.11. The lowest BCUT2D eigenvalue weighted by Crippen LogP contribution is -2.39. The number of Topliss-reactive ketones (excluding diaryl/α,β-unsaturated/α-hetero) is 1. The van der Waals surface area contributed by atoms with Crippen LogP contribution in [0.15, 0.2) is 53.9 Å².